The first-order valence-electron chi connectivity index (χ1n) is 8.60. The lowest BCUT2D eigenvalue weighted by atomic mass is 10.00. The van der Waals surface area contributed by atoms with Gasteiger partial charge in [-0.2, -0.15) is 4.98 Å². The second-order valence-electron chi connectivity index (χ2n) is 6.80. The second-order valence-corrected chi connectivity index (χ2v) is 6.80. The van der Waals surface area contributed by atoms with Gasteiger partial charge in [-0.15, -0.1) is 0 Å². The maximum absolute atomic E-state index is 12.7. The number of hydrogen-bond acceptors (Lipinski definition) is 4. The summed E-state index contributed by atoms with van der Waals surface area (Å²) in [5.41, 5.74) is 4.07. The number of aromatic nitrogens is 2. The molecule has 0 bridgehead atoms. The van der Waals surface area contributed by atoms with Crippen molar-refractivity contribution in [1.82, 2.24) is 9.55 Å². The molecule has 0 amide bonds. The van der Waals surface area contributed by atoms with Crippen LogP contribution in [0.25, 0.3) is 22.2 Å². The zero-order chi connectivity index (χ0) is 19.0. The van der Waals surface area contributed by atoms with Crippen LogP contribution in [0.15, 0.2) is 41.2 Å². The first-order valence-corrected chi connectivity index (χ1v) is 8.60. The van der Waals surface area contributed by atoms with Crippen LogP contribution in [0.1, 0.15) is 37.9 Å². The van der Waals surface area contributed by atoms with Gasteiger partial charge in [0.05, 0.1) is 11.2 Å². The Bertz CT molecular complexity index is 1060. The molecule has 134 valence electrons. The Morgan fingerprint density at radius 1 is 1.15 bits per heavy atom. The van der Waals surface area contributed by atoms with Crippen molar-refractivity contribution in [2.24, 2.45) is 0 Å². The second kappa shape index (κ2) is 6.75. The van der Waals surface area contributed by atoms with E-state index in [0.717, 1.165) is 27.6 Å². The van der Waals surface area contributed by atoms with Crippen LogP contribution >= 0.6 is 0 Å². The maximum Gasteiger partial charge on any atom is 0.348 e. The number of nitrogens with zero attached hydrogens (tertiary/aromatic N) is 2. The Labute approximate surface area is 152 Å². The Kier molecular flexibility index (Phi) is 4.64. The van der Waals surface area contributed by atoms with E-state index in [9.17, 15) is 9.59 Å². The van der Waals surface area contributed by atoms with Crippen LogP contribution in [0.3, 0.4) is 0 Å². The number of carbonyl (C=O) groups is 1. The van der Waals surface area contributed by atoms with Crippen molar-refractivity contribution in [3.63, 3.8) is 0 Å². The highest BCUT2D eigenvalue weighted by molar-refractivity contribution is 5.95. The predicted molar refractivity (Wildman–Crippen MR) is 103 cm³/mol. The van der Waals surface area contributed by atoms with Crippen LogP contribution in [-0.4, -0.2) is 15.5 Å². The molecule has 3 rings (SSSR count). The van der Waals surface area contributed by atoms with E-state index >= 15 is 0 Å². The minimum absolute atomic E-state index is 0.000121. The zero-order valence-electron chi connectivity index (χ0n) is 15.7. The lowest BCUT2D eigenvalue weighted by Crippen LogP contribution is -2.26. The molecule has 2 aromatic carbocycles. The van der Waals surface area contributed by atoms with Gasteiger partial charge in [-0.3, -0.25) is 9.36 Å². The van der Waals surface area contributed by atoms with Crippen molar-refractivity contribution in [3.05, 3.63) is 58.0 Å². The van der Waals surface area contributed by atoms with Gasteiger partial charge in [0.2, 0.25) is 0 Å². The van der Waals surface area contributed by atoms with E-state index in [1.165, 1.54) is 6.92 Å². The van der Waals surface area contributed by atoms with Crippen LogP contribution in [0.5, 0.6) is 5.75 Å². The van der Waals surface area contributed by atoms with Crippen molar-refractivity contribution >= 4 is 16.9 Å². The van der Waals surface area contributed by atoms with E-state index < -0.39 is 0 Å². The average molecular weight is 350 g/mol. The molecule has 0 fully saturated rings. The lowest BCUT2D eigenvalue weighted by Gasteiger charge is -2.18. The molecule has 5 heteroatoms. The van der Waals surface area contributed by atoms with Crippen LogP contribution in [0, 0.1) is 13.8 Å². The summed E-state index contributed by atoms with van der Waals surface area (Å²) >= 11 is 0. The van der Waals surface area contributed by atoms with Crippen molar-refractivity contribution in [2.45, 2.75) is 40.7 Å². The van der Waals surface area contributed by atoms with Crippen LogP contribution in [0.2, 0.25) is 0 Å². The summed E-state index contributed by atoms with van der Waals surface area (Å²) in [5.74, 6) is 0.0461. The van der Waals surface area contributed by atoms with Crippen LogP contribution in [0.4, 0.5) is 0 Å². The van der Waals surface area contributed by atoms with E-state index in [0.29, 0.717) is 11.4 Å². The Morgan fingerprint density at radius 2 is 1.88 bits per heavy atom. The number of fused-ring (bicyclic) bond motifs is 1. The topological polar surface area (TPSA) is 61.2 Å². The number of carbonyl (C=O) groups excluding carboxylic acids is 1. The number of benzene rings is 2. The summed E-state index contributed by atoms with van der Waals surface area (Å²) in [4.78, 5) is 28.3. The summed E-state index contributed by atoms with van der Waals surface area (Å²) in [5, 5.41) is 0.934. The monoisotopic (exact) mass is 350 g/mol. The smallest absolute Gasteiger partial charge is 0.348 e. The third-order valence-electron chi connectivity index (χ3n) is 4.25. The minimum Gasteiger partial charge on any atom is -0.427 e. The van der Waals surface area contributed by atoms with E-state index in [-0.39, 0.29) is 17.7 Å². The quantitative estimate of drug-likeness (QED) is 0.525. The third kappa shape index (κ3) is 3.25. The standard InChI is InChI=1S/C21H22N2O3/c1-12(2)23-18-10-13(3)9-14(4)19(18)20(22-21(23)25)16-7-6-8-17(11-16)26-15(5)24/h6-12H,1-5H3. The fourth-order valence-corrected chi connectivity index (χ4v) is 3.33. The first kappa shape index (κ1) is 17.9. The molecule has 0 saturated heterocycles. The molecule has 26 heavy (non-hydrogen) atoms. The molecule has 0 aliphatic heterocycles. The van der Waals surface area contributed by atoms with Gasteiger partial charge < -0.3 is 4.74 Å². The third-order valence-corrected chi connectivity index (χ3v) is 4.25. The molecule has 0 atom stereocenters. The Morgan fingerprint density at radius 3 is 2.54 bits per heavy atom. The van der Waals surface area contributed by atoms with Gasteiger partial charge in [0, 0.05) is 23.9 Å². The van der Waals surface area contributed by atoms with E-state index in [4.69, 9.17) is 4.74 Å². The minimum atomic E-state index is -0.387. The molecule has 0 unspecified atom stereocenters. The lowest BCUT2D eigenvalue weighted by molar-refractivity contribution is -0.131. The number of ether oxygens (including phenoxy) is 1. The highest BCUT2D eigenvalue weighted by atomic mass is 16.5. The molecule has 0 aliphatic carbocycles. The fourth-order valence-electron chi connectivity index (χ4n) is 3.33. The largest absolute Gasteiger partial charge is 0.427 e. The molecule has 0 saturated carbocycles. The van der Waals surface area contributed by atoms with Crippen molar-refractivity contribution in [1.29, 1.82) is 0 Å². The zero-order valence-corrected chi connectivity index (χ0v) is 15.7. The molecule has 5 nitrogen and oxygen atoms in total. The van der Waals surface area contributed by atoms with E-state index in [1.807, 2.05) is 39.8 Å². The first-order chi connectivity index (χ1) is 12.3. The SMILES string of the molecule is CC(=O)Oc1cccc(-c2nc(=O)n(C(C)C)c3cc(C)cc(C)c23)c1. The Balaban J connectivity index is 2.36. The number of rotatable bonds is 3. The van der Waals surface area contributed by atoms with Crippen molar-refractivity contribution < 1.29 is 9.53 Å². The fraction of sp³-hybridized carbons (Fsp3) is 0.286. The van der Waals surface area contributed by atoms with Gasteiger partial charge in [-0.25, -0.2) is 4.79 Å². The summed E-state index contributed by atoms with van der Waals surface area (Å²) < 4.78 is 6.90. The Hall–Kier alpha value is -2.95. The van der Waals surface area contributed by atoms with Gasteiger partial charge in [-0.05, 0) is 57.0 Å². The van der Waals surface area contributed by atoms with Gasteiger partial charge in [-0.1, -0.05) is 18.2 Å². The molecule has 3 aromatic rings. The number of hydrogen-bond donors (Lipinski definition) is 0. The molecule has 0 radical (unpaired) electrons. The number of esters is 1. The van der Waals surface area contributed by atoms with Crippen LogP contribution in [-0.2, 0) is 4.79 Å². The molecule has 0 N–H and O–H groups in total. The summed E-state index contributed by atoms with van der Waals surface area (Å²) in [6.45, 7) is 9.34. The normalized spacial score (nSPS) is 11.2. The average Bonchev–Trinajstić information content (AvgIpc) is 2.52. The summed E-state index contributed by atoms with van der Waals surface area (Å²) in [7, 11) is 0. The van der Waals surface area contributed by atoms with Crippen molar-refractivity contribution in [3.8, 4) is 17.0 Å². The summed E-state index contributed by atoms with van der Waals surface area (Å²) in [6, 6.07) is 11.2. The van der Waals surface area contributed by atoms with Gasteiger partial charge in [0.1, 0.15) is 5.75 Å². The van der Waals surface area contributed by atoms with Crippen LogP contribution < -0.4 is 10.4 Å². The van der Waals surface area contributed by atoms with E-state index in [2.05, 4.69) is 11.1 Å². The summed E-state index contributed by atoms with van der Waals surface area (Å²) in [6.07, 6.45) is 0. The van der Waals surface area contributed by atoms with Gasteiger partial charge in [0.25, 0.3) is 0 Å². The van der Waals surface area contributed by atoms with Gasteiger partial charge in [0.15, 0.2) is 0 Å². The van der Waals surface area contributed by atoms with Gasteiger partial charge >= 0.3 is 11.7 Å². The van der Waals surface area contributed by atoms with E-state index in [1.54, 1.807) is 22.8 Å². The highest BCUT2D eigenvalue weighted by Crippen LogP contribution is 2.31. The van der Waals surface area contributed by atoms with Crippen molar-refractivity contribution in [2.75, 3.05) is 0 Å². The molecule has 1 aromatic heterocycles. The highest BCUT2D eigenvalue weighted by Gasteiger charge is 2.17. The molecule has 0 aliphatic rings. The molecule has 0 spiro atoms. The molecule has 1 heterocycles. The molecular weight excluding hydrogens is 328 g/mol. The maximum atomic E-state index is 12.7. The number of aryl methyl sites for hydroxylation is 2. The molecular formula is C21H22N2O3. The predicted octanol–water partition coefficient (Wildman–Crippen LogP) is 4.19.